The summed E-state index contributed by atoms with van der Waals surface area (Å²) in [6.07, 6.45) is 1.26. The molecule has 1 aliphatic rings. The summed E-state index contributed by atoms with van der Waals surface area (Å²) >= 11 is 0. The zero-order valence-electron chi connectivity index (χ0n) is 9.75. The Morgan fingerprint density at radius 3 is 2.81 bits per heavy atom. The van der Waals surface area contributed by atoms with Gasteiger partial charge in [-0.2, -0.15) is 5.26 Å². The predicted molar refractivity (Wildman–Crippen MR) is 65.9 cm³/mol. The summed E-state index contributed by atoms with van der Waals surface area (Å²) in [5, 5.41) is 12.2. The highest BCUT2D eigenvalue weighted by Gasteiger charge is 2.44. The average Bonchev–Trinajstić information content (AvgIpc) is 2.85. The smallest absolute Gasteiger partial charge is 0.101 e. The minimum Gasteiger partial charge on any atom is -0.396 e. The molecule has 1 atom stereocenters. The second-order valence-corrected chi connectivity index (χ2v) is 5.15. The minimum atomic E-state index is 0.467. The largest absolute Gasteiger partial charge is 0.396 e. The van der Waals surface area contributed by atoms with Crippen molar-refractivity contribution in [1.82, 2.24) is 0 Å². The molecule has 0 spiro atoms. The summed E-state index contributed by atoms with van der Waals surface area (Å²) in [7, 11) is 0. The topological polar surface area (TPSA) is 61.8 Å². The first-order chi connectivity index (χ1) is 7.54. The van der Waals surface area contributed by atoms with Crippen molar-refractivity contribution in [1.29, 1.82) is 5.26 Å². The van der Waals surface area contributed by atoms with E-state index in [-0.39, 0.29) is 0 Å². The monoisotopic (exact) mass is 215 g/mol. The van der Waals surface area contributed by atoms with Crippen molar-refractivity contribution in [2.75, 3.05) is 17.6 Å². The summed E-state index contributed by atoms with van der Waals surface area (Å²) in [5.41, 5.74) is 8.33. The van der Waals surface area contributed by atoms with Gasteiger partial charge in [0.15, 0.2) is 0 Å². The molecule has 84 valence electrons. The number of nitrogen functional groups attached to an aromatic ring is 1. The van der Waals surface area contributed by atoms with Crippen molar-refractivity contribution in [2.24, 2.45) is 11.3 Å². The molecule has 2 rings (SSSR count). The minimum absolute atomic E-state index is 0.467. The van der Waals surface area contributed by atoms with E-state index in [1.807, 2.05) is 12.1 Å². The number of rotatable bonds is 3. The van der Waals surface area contributed by atoms with E-state index < -0.39 is 0 Å². The molecule has 16 heavy (non-hydrogen) atoms. The van der Waals surface area contributed by atoms with Crippen molar-refractivity contribution < 1.29 is 0 Å². The van der Waals surface area contributed by atoms with Gasteiger partial charge in [0.05, 0.1) is 16.9 Å². The van der Waals surface area contributed by atoms with Crippen LogP contribution in [0.15, 0.2) is 18.2 Å². The number of nitrogens with zero attached hydrogens (tertiary/aromatic N) is 1. The standard InChI is InChI=1S/C13H17N3/c1-13(2)6-10(13)8-16-11-5-3-4-9(7-14)12(11)15/h3-5,10,16H,6,8,15H2,1-2H3. The molecular weight excluding hydrogens is 198 g/mol. The van der Waals surface area contributed by atoms with Crippen molar-refractivity contribution in [3.63, 3.8) is 0 Å². The molecule has 3 N–H and O–H groups in total. The van der Waals surface area contributed by atoms with Gasteiger partial charge >= 0.3 is 0 Å². The molecule has 0 heterocycles. The third-order valence-electron chi connectivity index (χ3n) is 3.48. The van der Waals surface area contributed by atoms with Gasteiger partial charge in [-0.1, -0.05) is 19.9 Å². The summed E-state index contributed by atoms with van der Waals surface area (Å²) in [4.78, 5) is 0. The Hall–Kier alpha value is -1.69. The van der Waals surface area contributed by atoms with Crippen LogP contribution in [0.2, 0.25) is 0 Å². The third-order valence-corrected chi connectivity index (χ3v) is 3.48. The highest BCUT2D eigenvalue weighted by Crippen LogP contribution is 2.51. The van der Waals surface area contributed by atoms with Gasteiger partial charge in [-0.05, 0) is 29.9 Å². The van der Waals surface area contributed by atoms with E-state index in [0.29, 0.717) is 16.7 Å². The van der Waals surface area contributed by atoms with Crippen LogP contribution >= 0.6 is 0 Å². The predicted octanol–water partition coefficient (Wildman–Crippen LogP) is 2.60. The highest BCUT2D eigenvalue weighted by atomic mass is 14.9. The average molecular weight is 215 g/mol. The van der Waals surface area contributed by atoms with Crippen LogP contribution in [0.5, 0.6) is 0 Å². The number of benzene rings is 1. The van der Waals surface area contributed by atoms with Gasteiger partial charge in [-0.3, -0.25) is 0 Å². The molecular formula is C13H17N3. The van der Waals surface area contributed by atoms with E-state index in [0.717, 1.165) is 18.2 Å². The molecule has 0 radical (unpaired) electrons. The lowest BCUT2D eigenvalue weighted by atomic mass is 10.1. The number of nitrogens with one attached hydrogen (secondary N) is 1. The number of nitriles is 1. The van der Waals surface area contributed by atoms with Gasteiger partial charge < -0.3 is 11.1 Å². The molecule has 0 bridgehead atoms. The Bertz CT molecular complexity index is 443. The maximum absolute atomic E-state index is 8.86. The number of anilines is 2. The van der Waals surface area contributed by atoms with Crippen LogP contribution in [-0.4, -0.2) is 6.54 Å². The maximum Gasteiger partial charge on any atom is 0.101 e. The third kappa shape index (κ3) is 1.96. The van der Waals surface area contributed by atoms with Gasteiger partial charge in [0.25, 0.3) is 0 Å². The van der Waals surface area contributed by atoms with Crippen molar-refractivity contribution in [2.45, 2.75) is 20.3 Å². The fraction of sp³-hybridized carbons (Fsp3) is 0.462. The first-order valence-electron chi connectivity index (χ1n) is 5.57. The van der Waals surface area contributed by atoms with Gasteiger partial charge in [-0.15, -0.1) is 0 Å². The zero-order valence-corrected chi connectivity index (χ0v) is 9.75. The molecule has 0 aromatic heterocycles. The van der Waals surface area contributed by atoms with E-state index in [4.69, 9.17) is 11.0 Å². The fourth-order valence-electron chi connectivity index (χ4n) is 1.97. The highest BCUT2D eigenvalue weighted by molar-refractivity contribution is 5.72. The Balaban J connectivity index is 2.03. The van der Waals surface area contributed by atoms with Gasteiger partial charge in [-0.25, -0.2) is 0 Å². The molecule has 3 nitrogen and oxygen atoms in total. The maximum atomic E-state index is 8.86. The van der Waals surface area contributed by atoms with E-state index in [1.165, 1.54) is 6.42 Å². The van der Waals surface area contributed by atoms with Crippen molar-refractivity contribution >= 4 is 11.4 Å². The van der Waals surface area contributed by atoms with Crippen molar-refractivity contribution in [3.8, 4) is 6.07 Å². The van der Waals surface area contributed by atoms with Crippen LogP contribution in [0.3, 0.4) is 0 Å². The molecule has 1 unspecified atom stereocenters. The molecule has 3 heteroatoms. The van der Waals surface area contributed by atoms with Crippen LogP contribution in [0.1, 0.15) is 25.8 Å². The SMILES string of the molecule is CC1(C)CC1CNc1cccc(C#N)c1N. The molecule has 1 aromatic carbocycles. The van der Waals surface area contributed by atoms with Gasteiger partial charge in [0.2, 0.25) is 0 Å². The van der Waals surface area contributed by atoms with Gasteiger partial charge in [0.1, 0.15) is 6.07 Å². The fourth-order valence-corrected chi connectivity index (χ4v) is 1.97. The second-order valence-electron chi connectivity index (χ2n) is 5.15. The number of hydrogen-bond acceptors (Lipinski definition) is 3. The lowest BCUT2D eigenvalue weighted by Crippen LogP contribution is -2.09. The second kappa shape index (κ2) is 3.71. The zero-order chi connectivity index (χ0) is 11.8. The Labute approximate surface area is 96.3 Å². The number of hydrogen-bond donors (Lipinski definition) is 2. The van der Waals surface area contributed by atoms with Crippen molar-refractivity contribution in [3.05, 3.63) is 23.8 Å². The van der Waals surface area contributed by atoms with Crippen LogP contribution < -0.4 is 11.1 Å². The molecule has 0 aliphatic heterocycles. The van der Waals surface area contributed by atoms with E-state index in [2.05, 4.69) is 25.2 Å². The van der Waals surface area contributed by atoms with Crippen LogP contribution in [-0.2, 0) is 0 Å². The quantitative estimate of drug-likeness (QED) is 0.762. The Kier molecular flexibility index (Phi) is 2.51. The summed E-state index contributed by atoms with van der Waals surface area (Å²) < 4.78 is 0. The van der Waals surface area contributed by atoms with Gasteiger partial charge in [0, 0.05) is 6.54 Å². The molecule has 1 aromatic rings. The lowest BCUT2D eigenvalue weighted by Gasteiger charge is -2.10. The summed E-state index contributed by atoms with van der Waals surface area (Å²) in [6.45, 7) is 5.48. The Morgan fingerprint density at radius 1 is 1.56 bits per heavy atom. The lowest BCUT2D eigenvalue weighted by molar-refractivity contribution is 0.573. The summed E-state index contributed by atoms with van der Waals surface area (Å²) in [6, 6.07) is 7.61. The Morgan fingerprint density at radius 2 is 2.25 bits per heavy atom. The number of para-hydroxylation sites is 1. The van der Waals surface area contributed by atoms with E-state index in [1.54, 1.807) is 6.07 Å². The first-order valence-corrected chi connectivity index (χ1v) is 5.57. The van der Waals surface area contributed by atoms with Crippen LogP contribution in [0, 0.1) is 22.7 Å². The normalized spacial score (nSPS) is 21.2. The van der Waals surface area contributed by atoms with E-state index in [9.17, 15) is 0 Å². The summed E-state index contributed by atoms with van der Waals surface area (Å²) in [5.74, 6) is 0.720. The first kappa shape index (κ1) is 10.8. The van der Waals surface area contributed by atoms with Crippen LogP contribution in [0.4, 0.5) is 11.4 Å². The molecule has 1 saturated carbocycles. The molecule has 1 fully saturated rings. The van der Waals surface area contributed by atoms with Crippen LogP contribution in [0.25, 0.3) is 0 Å². The number of nitrogens with two attached hydrogens (primary N) is 1. The molecule has 0 amide bonds. The molecule has 0 saturated heterocycles. The van der Waals surface area contributed by atoms with E-state index >= 15 is 0 Å². The molecule has 1 aliphatic carbocycles.